The Balaban J connectivity index is 2.62. The first-order valence-electron chi connectivity index (χ1n) is 5.36. The second-order valence-corrected chi connectivity index (χ2v) is 4.92. The summed E-state index contributed by atoms with van der Waals surface area (Å²) in [6, 6.07) is 0. The molecule has 0 bridgehead atoms. The molecule has 0 heteroatoms. The van der Waals surface area contributed by atoms with Gasteiger partial charge in [-0.05, 0) is 44.4 Å². The summed E-state index contributed by atoms with van der Waals surface area (Å²) >= 11 is 0. The first-order valence-corrected chi connectivity index (χ1v) is 5.36. The lowest BCUT2D eigenvalue weighted by atomic mass is 9.74. The predicted molar refractivity (Wildman–Crippen MR) is 59.7 cm³/mol. The van der Waals surface area contributed by atoms with Crippen LogP contribution in [0.1, 0.15) is 47.0 Å². The van der Waals surface area contributed by atoms with E-state index >= 15 is 0 Å². The summed E-state index contributed by atoms with van der Waals surface area (Å²) in [5.74, 6) is 0.809. The third-order valence-corrected chi connectivity index (χ3v) is 3.06. The summed E-state index contributed by atoms with van der Waals surface area (Å²) in [6.07, 6.45) is 10.8. The molecule has 0 aromatic carbocycles. The molecule has 1 aliphatic carbocycles. The molecule has 13 heavy (non-hydrogen) atoms. The molecule has 0 amide bonds. The van der Waals surface area contributed by atoms with Crippen LogP contribution in [0.15, 0.2) is 23.8 Å². The maximum atomic E-state index is 2.46. The molecule has 0 saturated heterocycles. The van der Waals surface area contributed by atoms with E-state index in [9.17, 15) is 0 Å². The zero-order chi connectivity index (χ0) is 9.90. The molecule has 0 nitrogen and oxygen atoms in total. The third kappa shape index (κ3) is 3.02. The van der Waals surface area contributed by atoms with Gasteiger partial charge in [-0.1, -0.05) is 37.6 Å². The highest BCUT2D eigenvalue weighted by Crippen LogP contribution is 2.37. The van der Waals surface area contributed by atoms with Gasteiger partial charge in [0, 0.05) is 0 Å². The van der Waals surface area contributed by atoms with Crippen LogP contribution in [0.4, 0.5) is 0 Å². The first kappa shape index (κ1) is 10.6. The molecule has 1 aliphatic rings. The maximum absolute atomic E-state index is 2.46. The molecule has 0 aromatic heterocycles. The van der Waals surface area contributed by atoms with E-state index in [4.69, 9.17) is 0 Å². The molecule has 0 aromatic rings. The predicted octanol–water partition coefficient (Wildman–Crippen LogP) is 4.34. The summed E-state index contributed by atoms with van der Waals surface area (Å²) in [5, 5.41) is 0. The van der Waals surface area contributed by atoms with Crippen LogP contribution in [0.3, 0.4) is 0 Å². The van der Waals surface area contributed by atoms with Crippen molar-refractivity contribution in [1.29, 1.82) is 0 Å². The largest absolute Gasteiger partial charge is 0.0916 e. The average molecular weight is 178 g/mol. The molecule has 0 N–H and O–H groups in total. The van der Waals surface area contributed by atoms with Gasteiger partial charge in [0.1, 0.15) is 0 Å². The maximum Gasteiger partial charge on any atom is -0.0171 e. The molecule has 0 fully saturated rings. The highest BCUT2D eigenvalue weighted by Gasteiger charge is 2.24. The van der Waals surface area contributed by atoms with Gasteiger partial charge >= 0.3 is 0 Å². The lowest BCUT2D eigenvalue weighted by Crippen LogP contribution is -2.18. The number of allylic oxidation sites excluding steroid dienone is 4. The fourth-order valence-electron chi connectivity index (χ4n) is 2.18. The lowest BCUT2D eigenvalue weighted by Gasteiger charge is -2.31. The van der Waals surface area contributed by atoms with E-state index in [1.807, 2.05) is 0 Å². The van der Waals surface area contributed by atoms with Crippen LogP contribution in [0.25, 0.3) is 0 Å². The van der Waals surface area contributed by atoms with Gasteiger partial charge in [0.2, 0.25) is 0 Å². The van der Waals surface area contributed by atoms with Gasteiger partial charge in [0.25, 0.3) is 0 Å². The van der Waals surface area contributed by atoms with Gasteiger partial charge in [-0.25, -0.2) is 0 Å². The molecule has 0 heterocycles. The smallest absolute Gasteiger partial charge is 0.0171 e. The van der Waals surface area contributed by atoms with Crippen molar-refractivity contribution in [2.45, 2.75) is 47.0 Å². The molecule has 1 unspecified atom stereocenters. The topological polar surface area (TPSA) is 0 Å². The summed E-state index contributed by atoms with van der Waals surface area (Å²) in [4.78, 5) is 0. The second kappa shape index (κ2) is 4.13. The molecule has 0 saturated carbocycles. The van der Waals surface area contributed by atoms with E-state index in [0.717, 1.165) is 5.92 Å². The Hall–Kier alpha value is -0.520. The number of rotatable bonds is 2. The van der Waals surface area contributed by atoms with E-state index in [1.165, 1.54) is 19.3 Å². The molecular formula is C13H22. The van der Waals surface area contributed by atoms with E-state index in [2.05, 4.69) is 45.9 Å². The molecule has 1 rings (SSSR count). The molecular weight excluding hydrogens is 156 g/mol. The van der Waals surface area contributed by atoms with Crippen LogP contribution in [-0.4, -0.2) is 0 Å². The highest BCUT2D eigenvalue weighted by atomic mass is 14.3. The Labute approximate surface area is 82.7 Å². The molecule has 74 valence electrons. The molecule has 0 aliphatic heterocycles. The van der Waals surface area contributed by atoms with Gasteiger partial charge in [-0.2, -0.15) is 0 Å². The first-order chi connectivity index (χ1) is 6.05. The number of hydrogen-bond donors (Lipinski definition) is 0. The zero-order valence-electron chi connectivity index (χ0n) is 9.43. The van der Waals surface area contributed by atoms with Gasteiger partial charge < -0.3 is 0 Å². The fraction of sp³-hybridized carbons (Fsp3) is 0.692. The van der Waals surface area contributed by atoms with Gasteiger partial charge in [-0.15, -0.1) is 0 Å². The minimum atomic E-state index is 0.441. The summed E-state index contributed by atoms with van der Waals surface area (Å²) in [7, 11) is 0. The standard InChI is InChI=1S/C13H22/c1-5-6-7-12-8-9-13(3,4)10-11(12)2/h5-6,10,12H,7-9H2,1-4H3/b6-5+. The van der Waals surface area contributed by atoms with Crippen LogP contribution in [0.2, 0.25) is 0 Å². The Morgan fingerprint density at radius 1 is 1.54 bits per heavy atom. The summed E-state index contributed by atoms with van der Waals surface area (Å²) in [5.41, 5.74) is 2.03. The quantitative estimate of drug-likeness (QED) is 0.552. The molecule has 0 radical (unpaired) electrons. The van der Waals surface area contributed by atoms with Gasteiger partial charge in [0.15, 0.2) is 0 Å². The Kier molecular flexibility index (Phi) is 3.35. The van der Waals surface area contributed by atoms with Crippen molar-refractivity contribution < 1.29 is 0 Å². The van der Waals surface area contributed by atoms with Crippen molar-refractivity contribution in [2.75, 3.05) is 0 Å². The van der Waals surface area contributed by atoms with Crippen molar-refractivity contribution in [3.8, 4) is 0 Å². The van der Waals surface area contributed by atoms with E-state index in [-0.39, 0.29) is 0 Å². The fourth-order valence-corrected chi connectivity index (χ4v) is 2.18. The van der Waals surface area contributed by atoms with E-state index in [0.29, 0.717) is 5.41 Å². The minimum Gasteiger partial charge on any atom is -0.0916 e. The number of hydrogen-bond acceptors (Lipinski definition) is 0. The SMILES string of the molecule is C/C=C/CC1CCC(C)(C)C=C1C. The highest BCUT2D eigenvalue weighted by molar-refractivity contribution is 5.14. The minimum absolute atomic E-state index is 0.441. The zero-order valence-corrected chi connectivity index (χ0v) is 9.43. The van der Waals surface area contributed by atoms with Crippen molar-refractivity contribution in [2.24, 2.45) is 11.3 Å². The lowest BCUT2D eigenvalue weighted by molar-refractivity contribution is 0.347. The van der Waals surface area contributed by atoms with Gasteiger partial charge in [0.05, 0.1) is 0 Å². The normalized spacial score (nSPS) is 27.7. The van der Waals surface area contributed by atoms with Crippen molar-refractivity contribution in [3.63, 3.8) is 0 Å². The Morgan fingerprint density at radius 2 is 2.23 bits per heavy atom. The van der Waals surface area contributed by atoms with Crippen LogP contribution in [0.5, 0.6) is 0 Å². The average Bonchev–Trinajstić information content (AvgIpc) is 2.02. The molecule has 0 spiro atoms. The van der Waals surface area contributed by atoms with Crippen molar-refractivity contribution in [3.05, 3.63) is 23.8 Å². The van der Waals surface area contributed by atoms with Crippen molar-refractivity contribution >= 4 is 0 Å². The van der Waals surface area contributed by atoms with Crippen LogP contribution >= 0.6 is 0 Å². The Morgan fingerprint density at radius 3 is 2.77 bits per heavy atom. The third-order valence-electron chi connectivity index (χ3n) is 3.06. The monoisotopic (exact) mass is 178 g/mol. The summed E-state index contributed by atoms with van der Waals surface area (Å²) < 4.78 is 0. The van der Waals surface area contributed by atoms with Gasteiger partial charge in [-0.3, -0.25) is 0 Å². The Bertz CT molecular complexity index is 218. The second-order valence-electron chi connectivity index (χ2n) is 4.92. The van der Waals surface area contributed by atoms with Crippen molar-refractivity contribution in [1.82, 2.24) is 0 Å². The summed E-state index contributed by atoms with van der Waals surface area (Å²) in [6.45, 7) is 9.06. The van der Waals surface area contributed by atoms with Crippen LogP contribution in [0, 0.1) is 11.3 Å². The van der Waals surface area contributed by atoms with E-state index in [1.54, 1.807) is 5.57 Å². The molecule has 1 atom stereocenters. The van der Waals surface area contributed by atoms with Crippen LogP contribution < -0.4 is 0 Å². The van der Waals surface area contributed by atoms with Crippen LogP contribution in [-0.2, 0) is 0 Å². The van der Waals surface area contributed by atoms with E-state index < -0.39 is 0 Å².